The van der Waals surface area contributed by atoms with Crippen LogP contribution in [0.5, 0.6) is 0 Å². The second-order valence-electron chi connectivity index (χ2n) is 6.45. The third kappa shape index (κ3) is 4.51. The molecule has 1 aromatic heterocycles. The molecule has 0 bridgehead atoms. The number of hydrogen-bond donors (Lipinski definition) is 1. The highest BCUT2D eigenvalue weighted by molar-refractivity contribution is 7.99. The zero-order chi connectivity index (χ0) is 18.8. The number of halogens is 2. The van der Waals surface area contributed by atoms with E-state index < -0.39 is 0 Å². The third-order valence-electron chi connectivity index (χ3n) is 4.39. The van der Waals surface area contributed by atoms with Crippen molar-refractivity contribution in [3.63, 3.8) is 0 Å². The fraction of sp³-hybridized carbons (Fsp3) is 0.471. The molecule has 2 heterocycles. The largest absolute Gasteiger partial charge is 0.378 e. The predicted molar refractivity (Wildman–Crippen MR) is 107 cm³/mol. The van der Waals surface area contributed by atoms with Gasteiger partial charge in [-0.05, 0) is 31.0 Å². The number of nitrogens with one attached hydrogen (secondary N) is 1. The molecule has 1 N–H and O–H groups in total. The van der Waals surface area contributed by atoms with Crippen LogP contribution in [0.3, 0.4) is 0 Å². The zero-order valence-electron chi connectivity index (χ0n) is 14.5. The number of morpholine rings is 1. The molecule has 7 nitrogen and oxygen atoms in total. The summed E-state index contributed by atoms with van der Waals surface area (Å²) in [6.07, 6.45) is 2.25. The highest BCUT2D eigenvalue weighted by atomic mass is 35.5. The normalized spacial score (nSPS) is 17.2. The van der Waals surface area contributed by atoms with Gasteiger partial charge in [-0.15, -0.1) is 10.2 Å². The van der Waals surface area contributed by atoms with Crippen molar-refractivity contribution in [3.8, 4) is 0 Å². The molecule has 1 saturated heterocycles. The van der Waals surface area contributed by atoms with Gasteiger partial charge in [-0.1, -0.05) is 35.0 Å². The Kier molecular flexibility index (Phi) is 5.77. The lowest BCUT2D eigenvalue weighted by atomic mass is 10.3. The molecule has 2 aliphatic rings. The van der Waals surface area contributed by atoms with Crippen LogP contribution in [0.2, 0.25) is 10.0 Å². The minimum absolute atomic E-state index is 0.128. The van der Waals surface area contributed by atoms with Crippen LogP contribution in [0, 0.1) is 0 Å². The minimum atomic E-state index is -0.128. The highest BCUT2D eigenvalue weighted by Gasteiger charge is 2.32. The first-order chi connectivity index (χ1) is 13.1. The van der Waals surface area contributed by atoms with Gasteiger partial charge in [0.15, 0.2) is 5.16 Å². The van der Waals surface area contributed by atoms with Crippen LogP contribution in [0.15, 0.2) is 23.4 Å². The molecule has 27 heavy (non-hydrogen) atoms. The molecular weight excluding hydrogens is 409 g/mol. The first-order valence-electron chi connectivity index (χ1n) is 8.77. The van der Waals surface area contributed by atoms with E-state index in [2.05, 4.69) is 25.0 Å². The van der Waals surface area contributed by atoms with Crippen LogP contribution in [-0.2, 0) is 9.53 Å². The molecule has 1 amide bonds. The summed E-state index contributed by atoms with van der Waals surface area (Å²) in [5, 5.41) is 13.2. The highest BCUT2D eigenvalue weighted by Crippen LogP contribution is 2.41. The second-order valence-corrected chi connectivity index (χ2v) is 8.21. The average molecular weight is 428 g/mol. The zero-order valence-corrected chi connectivity index (χ0v) is 16.9. The number of benzene rings is 1. The minimum Gasteiger partial charge on any atom is -0.378 e. The number of carbonyl (C=O) groups excluding carboxylic acids is 1. The van der Waals surface area contributed by atoms with Gasteiger partial charge in [0.2, 0.25) is 11.9 Å². The van der Waals surface area contributed by atoms with E-state index in [1.54, 1.807) is 18.2 Å². The number of rotatable bonds is 6. The Labute approximate surface area is 171 Å². The number of aromatic nitrogens is 3. The Hall–Kier alpha value is -1.48. The molecule has 0 radical (unpaired) electrons. The van der Waals surface area contributed by atoms with Crippen LogP contribution >= 0.6 is 35.0 Å². The average Bonchev–Trinajstić information content (AvgIpc) is 3.43. The Morgan fingerprint density at radius 2 is 2.00 bits per heavy atom. The van der Waals surface area contributed by atoms with E-state index in [4.69, 9.17) is 27.9 Å². The topological polar surface area (TPSA) is 72.3 Å². The number of amides is 1. The van der Waals surface area contributed by atoms with E-state index >= 15 is 0 Å². The van der Waals surface area contributed by atoms with Gasteiger partial charge in [0.05, 0.1) is 29.0 Å². The van der Waals surface area contributed by atoms with Crippen molar-refractivity contribution in [2.45, 2.75) is 24.0 Å². The monoisotopic (exact) mass is 427 g/mol. The number of anilines is 2. The SMILES string of the molecule is O=C(CSc1nnc(N2CCOCC2)n1C1CC1)Nc1ccc(Cl)c(Cl)c1. The van der Waals surface area contributed by atoms with Crippen molar-refractivity contribution in [3.05, 3.63) is 28.2 Å². The fourth-order valence-electron chi connectivity index (χ4n) is 2.90. The van der Waals surface area contributed by atoms with Gasteiger partial charge in [0.25, 0.3) is 0 Å². The number of ether oxygens (including phenoxy) is 1. The lowest BCUT2D eigenvalue weighted by Gasteiger charge is -2.27. The number of carbonyl (C=O) groups is 1. The van der Waals surface area contributed by atoms with Gasteiger partial charge >= 0.3 is 0 Å². The number of hydrogen-bond acceptors (Lipinski definition) is 6. The Bertz CT molecular complexity index is 837. The molecule has 2 fully saturated rings. The lowest BCUT2D eigenvalue weighted by molar-refractivity contribution is -0.113. The molecular formula is C17H19Cl2N5O2S. The van der Waals surface area contributed by atoms with Gasteiger partial charge in [-0.2, -0.15) is 0 Å². The summed E-state index contributed by atoms with van der Waals surface area (Å²) in [5.74, 6) is 0.999. The smallest absolute Gasteiger partial charge is 0.234 e. The van der Waals surface area contributed by atoms with E-state index in [-0.39, 0.29) is 11.7 Å². The molecule has 1 aliphatic carbocycles. The Morgan fingerprint density at radius 1 is 1.22 bits per heavy atom. The predicted octanol–water partition coefficient (Wildman–Crippen LogP) is 3.49. The maximum Gasteiger partial charge on any atom is 0.234 e. The van der Waals surface area contributed by atoms with Crippen LogP contribution < -0.4 is 10.2 Å². The molecule has 144 valence electrons. The van der Waals surface area contributed by atoms with Gasteiger partial charge in [0, 0.05) is 24.8 Å². The molecule has 0 unspecified atom stereocenters. The summed E-state index contributed by atoms with van der Waals surface area (Å²) >= 11 is 13.3. The van der Waals surface area contributed by atoms with Crippen molar-refractivity contribution in [1.82, 2.24) is 14.8 Å². The Morgan fingerprint density at radius 3 is 2.70 bits per heavy atom. The fourth-order valence-corrected chi connectivity index (χ4v) is 4.00. The van der Waals surface area contributed by atoms with Crippen molar-refractivity contribution >= 4 is 52.5 Å². The third-order valence-corrected chi connectivity index (χ3v) is 6.07. The number of nitrogens with zero attached hydrogens (tertiary/aromatic N) is 4. The van der Waals surface area contributed by atoms with Gasteiger partial charge in [0.1, 0.15) is 0 Å². The lowest BCUT2D eigenvalue weighted by Crippen LogP contribution is -2.38. The van der Waals surface area contributed by atoms with Crippen LogP contribution in [0.4, 0.5) is 11.6 Å². The van der Waals surface area contributed by atoms with Crippen molar-refractivity contribution in [2.75, 3.05) is 42.3 Å². The summed E-state index contributed by atoms with van der Waals surface area (Å²) in [5.41, 5.74) is 0.618. The van der Waals surface area contributed by atoms with Crippen molar-refractivity contribution < 1.29 is 9.53 Å². The van der Waals surface area contributed by atoms with Crippen LogP contribution in [-0.4, -0.2) is 52.7 Å². The van der Waals surface area contributed by atoms with Gasteiger partial charge < -0.3 is 15.0 Å². The van der Waals surface area contributed by atoms with Crippen molar-refractivity contribution in [1.29, 1.82) is 0 Å². The molecule has 2 aromatic rings. The van der Waals surface area contributed by atoms with Gasteiger partial charge in [-0.25, -0.2) is 0 Å². The quantitative estimate of drug-likeness (QED) is 0.711. The van der Waals surface area contributed by atoms with E-state index in [1.807, 2.05) is 0 Å². The molecule has 10 heteroatoms. The molecule has 0 spiro atoms. The maximum atomic E-state index is 12.3. The molecule has 0 atom stereocenters. The molecule has 1 aliphatic heterocycles. The molecule has 4 rings (SSSR count). The number of thioether (sulfide) groups is 1. The summed E-state index contributed by atoms with van der Waals surface area (Å²) in [6, 6.07) is 5.44. The van der Waals surface area contributed by atoms with Crippen LogP contribution in [0.1, 0.15) is 18.9 Å². The first-order valence-corrected chi connectivity index (χ1v) is 10.5. The standard InChI is InChI=1S/C17H19Cl2N5O2S/c18-13-4-1-11(9-14(13)19)20-15(25)10-27-17-22-21-16(24(17)12-2-3-12)23-5-7-26-8-6-23/h1,4,9,12H,2-3,5-8,10H2,(H,20,25). The van der Waals surface area contributed by atoms with E-state index in [0.717, 1.165) is 37.0 Å². The summed E-state index contributed by atoms with van der Waals surface area (Å²) in [7, 11) is 0. The molecule has 1 aromatic carbocycles. The molecule has 1 saturated carbocycles. The van der Waals surface area contributed by atoms with E-state index in [1.165, 1.54) is 11.8 Å². The first kappa shape index (κ1) is 18.9. The summed E-state index contributed by atoms with van der Waals surface area (Å²) < 4.78 is 7.59. The van der Waals surface area contributed by atoms with Crippen LogP contribution in [0.25, 0.3) is 0 Å². The van der Waals surface area contributed by atoms with E-state index in [0.29, 0.717) is 35.0 Å². The second kappa shape index (κ2) is 8.26. The van der Waals surface area contributed by atoms with E-state index in [9.17, 15) is 4.79 Å². The van der Waals surface area contributed by atoms with Crippen molar-refractivity contribution in [2.24, 2.45) is 0 Å². The summed E-state index contributed by atoms with van der Waals surface area (Å²) in [6.45, 7) is 3.03. The van der Waals surface area contributed by atoms with Gasteiger partial charge in [-0.3, -0.25) is 9.36 Å². The maximum absolute atomic E-state index is 12.3. The Balaban J connectivity index is 1.41. The summed E-state index contributed by atoms with van der Waals surface area (Å²) in [4.78, 5) is 14.5.